The van der Waals surface area contributed by atoms with Crippen molar-refractivity contribution in [1.82, 2.24) is 14.5 Å². The Morgan fingerprint density at radius 3 is 1.58 bits per heavy atom. The maximum absolute atomic E-state index is 3.40. The van der Waals surface area contributed by atoms with Gasteiger partial charge in [0.15, 0.2) is 0 Å². The lowest BCUT2D eigenvalue weighted by atomic mass is 10.1. The number of nitrogens with one attached hydrogen (secondary N) is 2. The van der Waals surface area contributed by atoms with Gasteiger partial charge >= 0.3 is 0 Å². The Kier molecular flexibility index (Phi) is 3.13. The van der Waals surface area contributed by atoms with Crippen LogP contribution in [-0.4, -0.2) is 14.5 Å². The molecule has 0 atom stereocenters. The van der Waals surface area contributed by atoms with Crippen molar-refractivity contribution >= 4 is 21.8 Å². The zero-order valence-electron chi connectivity index (χ0n) is 15.2. The van der Waals surface area contributed by atoms with Crippen LogP contribution in [-0.2, 0) is 7.05 Å². The molecule has 0 aliphatic rings. The lowest BCUT2D eigenvalue weighted by Gasteiger charge is -2.07. The molecule has 0 saturated heterocycles. The Morgan fingerprint density at radius 2 is 1.12 bits per heavy atom. The molecule has 5 rings (SSSR count). The van der Waals surface area contributed by atoms with Crippen LogP contribution in [0.1, 0.15) is 11.1 Å². The van der Waals surface area contributed by atoms with Crippen molar-refractivity contribution in [3.05, 3.63) is 72.1 Å². The number of fused-ring (bicyclic) bond motifs is 2. The summed E-state index contributed by atoms with van der Waals surface area (Å²) in [6, 6.07) is 17.5. The topological polar surface area (TPSA) is 36.5 Å². The van der Waals surface area contributed by atoms with E-state index in [1.165, 1.54) is 55.4 Å². The molecule has 2 aromatic carbocycles. The second kappa shape index (κ2) is 5.40. The van der Waals surface area contributed by atoms with E-state index in [1.807, 2.05) is 0 Å². The zero-order chi connectivity index (χ0) is 17.8. The molecule has 2 N–H and O–H groups in total. The Hall–Kier alpha value is -3.20. The van der Waals surface area contributed by atoms with Gasteiger partial charge in [0, 0.05) is 52.4 Å². The van der Waals surface area contributed by atoms with Gasteiger partial charge in [-0.3, -0.25) is 0 Å². The number of hydrogen-bond acceptors (Lipinski definition) is 0. The molecule has 0 amide bonds. The number of rotatable bonds is 2. The normalized spacial score (nSPS) is 11.7. The fourth-order valence-electron chi connectivity index (χ4n) is 3.94. The van der Waals surface area contributed by atoms with Gasteiger partial charge in [0.05, 0.1) is 11.4 Å². The number of benzene rings is 2. The summed E-state index contributed by atoms with van der Waals surface area (Å²) < 4.78 is 2.29. The number of aryl methyl sites for hydroxylation is 2. The summed E-state index contributed by atoms with van der Waals surface area (Å²) in [4.78, 5) is 6.81. The second-order valence-corrected chi connectivity index (χ2v) is 7.17. The number of aromatic nitrogens is 3. The molecule has 3 aromatic heterocycles. The van der Waals surface area contributed by atoms with E-state index in [0.717, 1.165) is 0 Å². The highest BCUT2D eigenvalue weighted by Gasteiger charge is 2.15. The van der Waals surface area contributed by atoms with Crippen LogP contribution in [0.2, 0.25) is 0 Å². The lowest BCUT2D eigenvalue weighted by molar-refractivity contribution is 0.948. The summed E-state index contributed by atoms with van der Waals surface area (Å²) in [5, 5.41) is 2.54. The summed E-state index contributed by atoms with van der Waals surface area (Å²) in [6.07, 6.45) is 4.23. The number of nitrogens with zero attached hydrogens (tertiary/aromatic N) is 1. The van der Waals surface area contributed by atoms with Crippen LogP contribution >= 0.6 is 0 Å². The van der Waals surface area contributed by atoms with Gasteiger partial charge in [0.1, 0.15) is 0 Å². The van der Waals surface area contributed by atoms with Crippen LogP contribution in [0, 0.1) is 13.8 Å². The van der Waals surface area contributed by atoms with Crippen molar-refractivity contribution in [1.29, 1.82) is 0 Å². The minimum atomic E-state index is 1.18. The highest BCUT2D eigenvalue weighted by atomic mass is 15.0. The number of aromatic amines is 2. The van der Waals surface area contributed by atoms with Gasteiger partial charge in [-0.25, -0.2) is 0 Å². The second-order valence-electron chi connectivity index (χ2n) is 7.17. The molecular weight excluding hydrogens is 318 g/mol. The largest absolute Gasteiger partial charge is 0.360 e. The fraction of sp³-hybridized carbons (Fsp3) is 0.130. The molecule has 0 saturated carbocycles. The maximum atomic E-state index is 3.40. The Labute approximate surface area is 152 Å². The third-order valence-electron chi connectivity index (χ3n) is 5.35. The van der Waals surface area contributed by atoms with Crippen molar-refractivity contribution in [3.8, 4) is 22.5 Å². The lowest BCUT2D eigenvalue weighted by Crippen LogP contribution is -1.94. The quantitative estimate of drug-likeness (QED) is 0.399. The third kappa shape index (κ3) is 2.14. The Bertz CT molecular complexity index is 1170. The number of H-pyrrole nitrogens is 2. The van der Waals surface area contributed by atoms with Crippen LogP contribution in [0.3, 0.4) is 0 Å². The van der Waals surface area contributed by atoms with Crippen molar-refractivity contribution in [2.45, 2.75) is 13.8 Å². The predicted molar refractivity (Wildman–Crippen MR) is 109 cm³/mol. The molecule has 0 fully saturated rings. The maximum Gasteiger partial charge on any atom is 0.0504 e. The van der Waals surface area contributed by atoms with E-state index in [1.54, 1.807) is 0 Å². The van der Waals surface area contributed by atoms with Gasteiger partial charge in [-0.1, -0.05) is 23.3 Å². The summed E-state index contributed by atoms with van der Waals surface area (Å²) >= 11 is 0. The van der Waals surface area contributed by atoms with E-state index in [2.05, 4.69) is 96.4 Å². The summed E-state index contributed by atoms with van der Waals surface area (Å²) in [7, 11) is 2.15. The molecule has 26 heavy (non-hydrogen) atoms. The van der Waals surface area contributed by atoms with Crippen LogP contribution in [0.5, 0.6) is 0 Å². The van der Waals surface area contributed by atoms with Crippen LogP contribution < -0.4 is 0 Å². The highest BCUT2D eigenvalue weighted by Crippen LogP contribution is 2.35. The minimum absolute atomic E-state index is 1.18. The molecule has 0 aliphatic heterocycles. The Morgan fingerprint density at radius 1 is 0.654 bits per heavy atom. The van der Waals surface area contributed by atoms with E-state index < -0.39 is 0 Å². The minimum Gasteiger partial charge on any atom is -0.360 e. The molecular formula is C23H21N3. The van der Waals surface area contributed by atoms with Crippen LogP contribution in [0.15, 0.2) is 60.9 Å². The first kappa shape index (κ1) is 15.1. The van der Waals surface area contributed by atoms with Gasteiger partial charge in [-0.15, -0.1) is 0 Å². The molecule has 5 aromatic rings. The Balaban J connectivity index is 1.71. The summed E-state index contributed by atoms with van der Waals surface area (Å²) in [5.74, 6) is 0. The summed E-state index contributed by atoms with van der Waals surface area (Å²) in [6.45, 7) is 4.28. The zero-order valence-corrected chi connectivity index (χ0v) is 15.2. The van der Waals surface area contributed by atoms with Crippen LogP contribution in [0.4, 0.5) is 0 Å². The highest BCUT2D eigenvalue weighted by molar-refractivity contribution is 5.98. The molecule has 3 heteroatoms. The fourth-order valence-corrected chi connectivity index (χ4v) is 3.94. The monoisotopic (exact) mass is 339 g/mol. The SMILES string of the molecule is Cc1ccc2[nH]cc(-c3ccc(-c4c[nH]c5ccc(C)cc45)n3C)c2c1. The van der Waals surface area contributed by atoms with Gasteiger partial charge in [0.25, 0.3) is 0 Å². The summed E-state index contributed by atoms with van der Waals surface area (Å²) in [5.41, 5.74) is 9.84. The van der Waals surface area contributed by atoms with Crippen molar-refractivity contribution in [2.24, 2.45) is 7.05 Å². The smallest absolute Gasteiger partial charge is 0.0504 e. The first-order valence-corrected chi connectivity index (χ1v) is 8.94. The van der Waals surface area contributed by atoms with Gasteiger partial charge in [-0.05, 0) is 50.2 Å². The van der Waals surface area contributed by atoms with E-state index >= 15 is 0 Å². The third-order valence-corrected chi connectivity index (χ3v) is 5.35. The predicted octanol–water partition coefficient (Wildman–Crippen LogP) is 5.94. The van der Waals surface area contributed by atoms with E-state index in [9.17, 15) is 0 Å². The van der Waals surface area contributed by atoms with Crippen LogP contribution in [0.25, 0.3) is 44.3 Å². The molecule has 0 aliphatic carbocycles. The van der Waals surface area contributed by atoms with Gasteiger partial charge in [-0.2, -0.15) is 0 Å². The molecule has 0 unspecified atom stereocenters. The number of hydrogen-bond donors (Lipinski definition) is 2. The molecule has 3 heterocycles. The average Bonchev–Trinajstić information content (AvgIpc) is 3.31. The van der Waals surface area contributed by atoms with E-state index in [0.29, 0.717) is 0 Å². The standard InChI is InChI=1S/C23H21N3/c1-14-4-6-20-16(10-14)18(12-24-20)22-8-9-23(26(22)3)19-13-25-21-7-5-15(2)11-17(19)21/h4-13,24-25H,1-3H3. The van der Waals surface area contributed by atoms with Crippen molar-refractivity contribution in [2.75, 3.05) is 0 Å². The first-order chi connectivity index (χ1) is 12.6. The molecule has 0 radical (unpaired) electrons. The average molecular weight is 339 g/mol. The molecule has 0 bridgehead atoms. The molecule has 128 valence electrons. The van der Waals surface area contributed by atoms with Crippen molar-refractivity contribution < 1.29 is 0 Å². The van der Waals surface area contributed by atoms with Crippen molar-refractivity contribution in [3.63, 3.8) is 0 Å². The van der Waals surface area contributed by atoms with Gasteiger partial charge in [0.2, 0.25) is 0 Å². The van der Waals surface area contributed by atoms with E-state index in [-0.39, 0.29) is 0 Å². The molecule has 0 spiro atoms. The molecule has 3 nitrogen and oxygen atoms in total. The first-order valence-electron chi connectivity index (χ1n) is 8.94. The van der Waals surface area contributed by atoms with Gasteiger partial charge < -0.3 is 14.5 Å². The van der Waals surface area contributed by atoms with E-state index in [4.69, 9.17) is 0 Å².